The first-order chi connectivity index (χ1) is 10.1. The lowest BCUT2D eigenvalue weighted by atomic mass is 9.64. The zero-order valence-electron chi connectivity index (χ0n) is 12.8. The maximum Gasteiger partial charge on any atom is 0.314 e. The van der Waals surface area contributed by atoms with E-state index in [1.165, 1.54) is 31.4 Å². The Hall–Kier alpha value is -1.35. The van der Waals surface area contributed by atoms with E-state index in [2.05, 4.69) is 36.2 Å². The highest BCUT2D eigenvalue weighted by Crippen LogP contribution is 2.44. The average Bonchev–Trinajstić information content (AvgIpc) is 2.63. The van der Waals surface area contributed by atoms with Gasteiger partial charge in [-0.05, 0) is 69.3 Å². The molecule has 21 heavy (non-hydrogen) atoms. The van der Waals surface area contributed by atoms with Crippen LogP contribution in [0, 0.1) is 0 Å². The van der Waals surface area contributed by atoms with Crippen LogP contribution in [0.25, 0.3) is 0 Å². The van der Waals surface area contributed by atoms with Gasteiger partial charge in [0.25, 0.3) is 0 Å². The minimum absolute atomic E-state index is 0.595. The molecular formula is C18H25NO2. The highest BCUT2D eigenvalue weighted by molar-refractivity contribution is 5.82. The van der Waals surface area contributed by atoms with E-state index >= 15 is 0 Å². The van der Waals surface area contributed by atoms with E-state index in [1.807, 2.05) is 0 Å². The van der Waals surface area contributed by atoms with Crippen LogP contribution in [-0.2, 0) is 10.2 Å². The van der Waals surface area contributed by atoms with Gasteiger partial charge in [0.1, 0.15) is 0 Å². The molecule has 1 N–H and O–H groups in total. The van der Waals surface area contributed by atoms with Crippen LogP contribution in [0.2, 0.25) is 0 Å². The molecule has 3 heteroatoms. The topological polar surface area (TPSA) is 40.5 Å². The summed E-state index contributed by atoms with van der Waals surface area (Å²) in [6, 6.07) is 8.48. The van der Waals surface area contributed by atoms with E-state index in [1.54, 1.807) is 0 Å². The van der Waals surface area contributed by atoms with Crippen molar-refractivity contribution in [2.24, 2.45) is 0 Å². The second kappa shape index (κ2) is 5.80. The van der Waals surface area contributed by atoms with Crippen molar-refractivity contribution < 1.29 is 9.90 Å². The number of hydrogen-bond donors (Lipinski definition) is 1. The summed E-state index contributed by atoms with van der Waals surface area (Å²) in [5, 5.41) is 9.52. The molecule has 1 unspecified atom stereocenters. The van der Waals surface area contributed by atoms with E-state index in [4.69, 9.17) is 0 Å². The van der Waals surface area contributed by atoms with Crippen molar-refractivity contribution in [1.29, 1.82) is 0 Å². The van der Waals surface area contributed by atoms with Crippen LogP contribution in [0.1, 0.15) is 55.6 Å². The molecular weight excluding hydrogens is 262 g/mol. The van der Waals surface area contributed by atoms with Crippen LogP contribution < -0.4 is 0 Å². The van der Waals surface area contributed by atoms with Crippen molar-refractivity contribution in [2.75, 3.05) is 20.1 Å². The maximum atomic E-state index is 11.6. The van der Waals surface area contributed by atoms with Gasteiger partial charge >= 0.3 is 5.97 Å². The fourth-order valence-corrected chi connectivity index (χ4v) is 3.80. The Morgan fingerprint density at radius 2 is 1.86 bits per heavy atom. The van der Waals surface area contributed by atoms with Gasteiger partial charge in [0.05, 0.1) is 5.41 Å². The Kier molecular flexibility index (Phi) is 4.03. The van der Waals surface area contributed by atoms with Gasteiger partial charge in [-0.1, -0.05) is 30.7 Å². The summed E-state index contributed by atoms with van der Waals surface area (Å²) >= 11 is 0. The van der Waals surface area contributed by atoms with Gasteiger partial charge in [-0.3, -0.25) is 4.79 Å². The molecule has 1 aliphatic heterocycles. The largest absolute Gasteiger partial charge is 0.481 e. The second-order valence-corrected chi connectivity index (χ2v) is 6.79. The molecule has 1 atom stereocenters. The second-order valence-electron chi connectivity index (χ2n) is 6.79. The fourth-order valence-electron chi connectivity index (χ4n) is 3.80. The van der Waals surface area contributed by atoms with Crippen LogP contribution >= 0.6 is 0 Å². The third-order valence-electron chi connectivity index (χ3n) is 5.50. The number of carboxylic acid groups (broad SMARTS) is 1. The zero-order valence-corrected chi connectivity index (χ0v) is 12.8. The van der Waals surface area contributed by atoms with Gasteiger partial charge in [-0.15, -0.1) is 0 Å². The lowest BCUT2D eigenvalue weighted by Gasteiger charge is -2.38. The van der Waals surface area contributed by atoms with Crippen molar-refractivity contribution in [3.05, 3.63) is 35.4 Å². The molecule has 0 bridgehead atoms. The number of likely N-dealkylation sites (tertiary alicyclic amines) is 1. The van der Waals surface area contributed by atoms with Gasteiger partial charge in [-0.2, -0.15) is 0 Å². The summed E-state index contributed by atoms with van der Waals surface area (Å²) in [5.74, 6) is -0.0243. The zero-order chi connectivity index (χ0) is 14.9. The minimum atomic E-state index is -0.655. The molecule has 3 nitrogen and oxygen atoms in total. The fraction of sp³-hybridized carbons (Fsp3) is 0.611. The number of nitrogens with zero attached hydrogens (tertiary/aromatic N) is 1. The predicted molar refractivity (Wildman–Crippen MR) is 83.7 cm³/mol. The SMILES string of the molecule is CN1CCCC(c2ccc(C3(C(=O)O)CCC3)cc2)CC1. The summed E-state index contributed by atoms with van der Waals surface area (Å²) in [7, 11) is 2.19. The first kappa shape index (κ1) is 14.6. The molecule has 2 fully saturated rings. The van der Waals surface area contributed by atoms with Crippen LogP contribution in [0.4, 0.5) is 0 Å². The monoisotopic (exact) mass is 287 g/mol. The van der Waals surface area contributed by atoms with Crippen molar-refractivity contribution in [2.45, 2.75) is 49.9 Å². The van der Waals surface area contributed by atoms with Gasteiger partial charge in [0, 0.05) is 0 Å². The molecule has 3 rings (SSSR count). The third-order valence-corrected chi connectivity index (χ3v) is 5.50. The van der Waals surface area contributed by atoms with Crippen molar-refractivity contribution in [3.8, 4) is 0 Å². The Morgan fingerprint density at radius 1 is 1.14 bits per heavy atom. The number of benzene rings is 1. The Labute approximate surface area is 127 Å². The highest BCUT2D eigenvalue weighted by Gasteiger charge is 2.45. The van der Waals surface area contributed by atoms with E-state index in [-0.39, 0.29) is 0 Å². The molecule has 0 spiro atoms. The van der Waals surface area contributed by atoms with E-state index in [0.29, 0.717) is 5.92 Å². The number of rotatable bonds is 3. The van der Waals surface area contributed by atoms with Crippen LogP contribution in [0.15, 0.2) is 24.3 Å². The molecule has 1 aromatic rings. The van der Waals surface area contributed by atoms with E-state index in [0.717, 1.165) is 31.4 Å². The smallest absolute Gasteiger partial charge is 0.314 e. The molecule has 1 heterocycles. The highest BCUT2D eigenvalue weighted by atomic mass is 16.4. The number of aliphatic carboxylic acids is 1. The quantitative estimate of drug-likeness (QED) is 0.926. The summed E-state index contributed by atoms with van der Waals surface area (Å²) < 4.78 is 0. The molecule has 1 saturated carbocycles. The van der Waals surface area contributed by atoms with Gasteiger partial charge < -0.3 is 10.0 Å². The van der Waals surface area contributed by atoms with Crippen molar-refractivity contribution in [3.63, 3.8) is 0 Å². The summed E-state index contributed by atoms with van der Waals surface area (Å²) in [6.45, 7) is 2.35. The van der Waals surface area contributed by atoms with Crippen LogP contribution in [0.3, 0.4) is 0 Å². The molecule has 1 saturated heterocycles. The summed E-state index contributed by atoms with van der Waals surface area (Å²) in [5.41, 5.74) is 1.78. The molecule has 0 amide bonds. The molecule has 1 aliphatic carbocycles. The predicted octanol–water partition coefficient (Wildman–Crippen LogP) is 3.39. The van der Waals surface area contributed by atoms with Crippen molar-refractivity contribution >= 4 is 5.97 Å². The standard InChI is InChI=1S/C18H25NO2/c1-19-12-2-4-14(9-13-19)15-5-7-16(8-6-15)18(17(20)21)10-3-11-18/h5-8,14H,2-4,9-13H2,1H3,(H,20,21). The average molecular weight is 287 g/mol. The van der Waals surface area contributed by atoms with Gasteiger partial charge in [0.2, 0.25) is 0 Å². The molecule has 0 radical (unpaired) electrons. The number of hydrogen-bond acceptors (Lipinski definition) is 2. The minimum Gasteiger partial charge on any atom is -0.481 e. The molecule has 2 aliphatic rings. The van der Waals surface area contributed by atoms with E-state index < -0.39 is 11.4 Å². The van der Waals surface area contributed by atoms with Crippen LogP contribution in [-0.4, -0.2) is 36.1 Å². The van der Waals surface area contributed by atoms with Gasteiger partial charge in [-0.25, -0.2) is 0 Å². The Morgan fingerprint density at radius 3 is 2.43 bits per heavy atom. The summed E-state index contributed by atoms with van der Waals surface area (Å²) in [6.07, 6.45) is 6.31. The van der Waals surface area contributed by atoms with E-state index in [9.17, 15) is 9.90 Å². The third kappa shape index (κ3) is 2.71. The Balaban J connectivity index is 1.76. The van der Waals surface area contributed by atoms with Crippen LogP contribution in [0.5, 0.6) is 0 Å². The molecule has 1 aromatic carbocycles. The molecule has 114 valence electrons. The number of carboxylic acids is 1. The lowest BCUT2D eigenvalue weighted by Crippen LogP contribution is -2.42. The number of carbonyl (C=O) groups is 1. The Bertz CT molecular complexity index is 504. The summed E-state index contributed by atoms with van der Waals surface area (Å²) in [4.78, 5) is 14.0. The molecule has 0 aromatic heterocycles. The first-order valence-electron chi connectivity index (χ1n) is 8.14. The van der Waals surface area contributed by atoms with Crippen molar-refractivity contribution in [1.82, 2.24) is 4.90 Å². The first-order valence-corrected chi connectivity index (χ1v) is 8.14. The normalized spacial score (nSPS) is 25.9. The lowest BCUT2D eigenvalue weighted by molar-refractivity contribution is -0.147. The van der Waals surface area contributed by atoms with Gasteiger partial charge in [0.15, 0.2) is 0 Å². The maximum absolute atomic E-state index is 11.6.